The predicted molar refractivity (Wildman–Crippen MR) is 153 cm³/mol. The Balaban J connectivity index is 0. The average Bonchev–Trinajstić information content (AvgIpc) is 3.60. The second kappa shape index (κ2) is 21.8. The van der Waals surface area contributed by atoms with Crippen molar-refractivity contribution in [2.24, 2.45) is 14.1 Å². The molecule has 0 amide bonds. The molecule has 0 aliphatic rings. The van der Waals surface area contributed by atoms with Crippen molar-refractivity contribution < 1.29 is 0 Å². The van der Waals surface area contributed by atoms with Gasteiger partial charge < -0.3 is 19.1 Å². The van der Waals surface area contributed by atoms with Crippen LogP contribution in [0.3, 0.4) is 0 Å². The van der Waals surface area contributed by atoms with Crippen LogP contribution in [0.2, 0.25) is 0 Å². The van der Waals surface area contributed by atoms with E-state index in [9.17, 15) is 0 Å². The van der Waals surface area contributed by atoms with Crippen LogP contribution in [0.5, 0.6) is 0 Å². The number of rotatable bonds is 6. The number of hydrogen-bond donors (Lipinski definition) is 2. The van der Waals surface area contributed by atoms with E-state index < -0.39 is 0 Å². The summed E-state index contributed by atoms with van der Waals surface area (Å²) >= 11 is 6.74. The number of nitrogens with one attached hydrogen (secondary N) is 2. The number of aromatic nitrogens is 8. The van der Waals surface area contributed by atoms with Gasteiger partial charge in [0.2, 0.25) is 0 Å². The Bertz CT molecular complexity index is 921. The van der Waals surface area contributed by atoms with Crippen molar-refractivity contribution in [3.8, 4) is 0 Å². The molecule has 0 aliphatic heterocycles. The average molecular weight is 545 g/mol. The fraction of sp³-hybridized carbons (Fsp3) is 0.455. The first-order valence-electron chi connectivity index (χ1n) is 9.82. The SMILES string of the molecule is C.C.CCSc1ncc[nH]1.CCSc1nccn1C.CSc1ncc[nH]1.CSc1nccn1C. The van der Waals surface area contributed by atoms with E-state index in [0.717, 1.165) is 32.1 Å². The third kappa shape index (κ3) is 14.5. The lowest BCUT2D eigenvalue weighted by atomic mass is 10.9. The Morgan fingerprint density at radius 1 is 0.676 bits per heavy atom. The van der Waals surface area contributed by atoms with Crippen LogP contribution in [0, 0.1) is 0 Å². The van der Waals surface area contributed by atoms with Gasteiger partial charge in [-0.15, -0.1) is 0 Å². The standard InChI is InChI=1S/C6H10N2S.2C5H8N2S.C4H6N2S.2CH4/c1-3-9-6-7-4-5-8(6)2;1-7-4-3-6-5(7)8-2;1-2-8-5-6-3-4-7-5;1-7-4-5-2-3-6-4;;/h4-5H,3H2,1-2H3;3-4H,1-2H3;3-4H,2H2,1H3,(H,6,7);2-3H,1H3,(H,5,6);2*1H4. The monoisotopic (exact) mass is 544 g/mol. The highest BCUT2D eigenvalue weighted by Crippen LogP contribution is 2.12. The lowest BCUT2D eigenvalue weighted by Gasteiger charge is -1.95. The molecule has 4 aromatic heterocycles. The smallest absolute Gasteiger partial charge is 0.167 e. The van der Waals surface area contributed by atoms with Crippen LogP contribution >= 0.6 is 47.0 Å². The molecule has 34 heavy (non-hydrogen) atoms. The molecular weight excluding hydrogens is 505 g/mol. The van der Waals surface area contributed by atoms with Gasteiger partial charge in [0, 0.05) is 63.7 Å². The fourth-order valence-electron chi connectivity index (χ4n) is 2.00. The van der Waals surface area contributed by atoms with Gasteiger partial charge in [-0.3, -0.25) is 0 Å². The molecule has 4 aromatic rings. The van der Waals surface area contributed by atoms with Gasteiger partial charge in [-0.2, -0.15) is 0 Å². The minimum atomic E-state index is 0. The second-order valence-corrected chi connectivity index (χ2v) is 9.76. The molecular formula is C22H40N8S4. The van der Waals surface area contributed by atoms with E-state index in [1.165, 1.54) is 0 Å². The quantitative estimate of drug-likeness (QED) is 0.262. The molecule has 4 rings (SSSR count). The van der Waals surface area contributed by atoms with E-state index in [-0.39, 0.29) is 14.9 Å². The molecule has 0 radical (unpaired) electrons. The second-order valence-electron chi connectivity index (χ2n) is 5.70. The maximum atomic E-state index is 4.13. The van der Waals surface area contributed by atoms with Crippen molar-refractivity contribution in [2.45, 2.75) is 49.3 Å². The zero-order valence-electron chi connectivity index (χ0n) is 19.3. The zero-order chi connectivity index (χ0) is 23.6. The summed E-state index contributed by atoms with van der Waals surface area (Å²) in [4.78, 5) is 22.1. The van der Waals surface area contributed by atoms with Crippen LogP contribution in [0.1, 0.15) is 28.7 Å². The molecule has 0 aromatic carbocycles. The van der Waals surface area contributed by atoms with Gasteiger partial charge in [-0.25, -0.2) is 19.9 Å². The fourth-order valence-corrected chi connectivity index (χ4v) is 4.08. The van der Waals surface area contributed by atoms with Crippen LogP contribution in [-0.2, 0) is 14.1 Å². The summed E-state index contributed by atoms with van der Waals surface area (Å²) in [5, 5.41) is 4.13. The molecule has 0 spiro atoms. The third-order valence-electron chi connectivity index (χ3n) is 3.43. The molecule has 0 unspecified atom stereocenters. The van der Waals surface area contributed by atoms with E-state index in [1.54, 1.807) is 65.6 Å². The van der Waals surface area contributed by atoms with Gasteiger partial charge in [0.05, 0.1) is 0 Å². The van der Waals surface area contributed by atoms with Crippen molar-refractivity contribution in [3.05, 3.63) is 49.6 Å². The summed E-state index contributed by atoms with van der Waals surface area (Å²) < 4.78 is 4.01. The van der Waals surface area contributed by atoms with Gasteiger partial charge in [0.1, 0.15) is 0 Å². The molecule has 12 heteroatoms. The third-order valence-corrected chi connectivity index (χ3v) is 6.52. The molecule has 0 atom stereocenters. The Morgan fingerprint density at radius 2 is 1.18 bits per heavy atom. The van der Waals surface area contributed by atoms with E-state index in [4.69, 9.17) is 0 Å². The molecule has 0 fully saturated rings. The van der Waals surface area contributed by atoms with Crippen molar-refractivity contribution in [1.82, 2.24) is 39.0 Å². The maximum absolute atomic E-state index is 4.13. The number of nitrogens with zero attached hydrogens (tertiary/aromatic N) is 6. The number of aryl methyl sites for hydroxylation is 2. The first-order valence-corrected chi connectivity index (χ1v) is 14.2. The van der Waals surface area contributed by atoms with Gasteiger partial charge >= 0.3 is 0 Å². The lowest BCUT2D eigenvalue weighted by Crippen LogP contribution is -1.87. The molecule has 192 valence electrons. The highest BCUT2D eigenvalue weighted by Gasteiger charge is 1.94. The van der Waals surface area contributed by atoms with E-state index in [1.807, 2.05) is 66.7 Å². The Labute approximate surface area is 222 Å². The molecule has 8 nitrogen and oxygen atoms in total. The highest BCUT2D eigenvalue weighted by atomic mass is 32.2. The number of hydrogen-bond acceptors (Lipinski definition) is 8. The maximum Gasteiger partial charge on any atom is 0.167 e. The minimum absolute atomic E-state index is 0. The number of H-pyrrole nitrogens is 2. The van der Waals surface area contributed by atoms with Crippen LogP contribution in [-0.4, -0.2) is 63.1 Å². The van der Waals surface area contributed by atoms with Crippen molar-refractivity contribution in [2.75, 3.05) is 24.0 Å². The van der Waals surface area contributed by atoms with E-state index in [2.05, 4.69) is 43.8 Å². The summed E-state index contributed by atoms with van der Waals surface area (Å²) in [7, 11) is 3.99. The summed E-state index contributed by atoms with van der Waals surface area (Å²) in [6.07, 6.45) is 18.7. The Morgan fingerprint density at radius 3 is 1.47 bits per heavy atom. The zero-order valence-corrected chi connectivity index (χ0v) is 22.6. The summed E-state index contributed by atoms with van der Waals surface area (Å²) in [5.74, 6) is 2.17. The molecule has 0 aliphatic carbocycles. The first kappa shape index (κ1) is 34.4. The molecule has 0 bridgehead atoms. The lowest BCUT2D eigenvalue weighted by molar-refractivity contribution is 0.790. The molecule has 0 saturated carbocycles. The largest absolute Gasteiger partial charge is 0.340 e. The van der Waals surface area contributed by atoms with E-state index >= 15 is 0 Å². The minimum Gasteiger partial charge on any atom is -0.340 e. The van der Waals surface area contributed by atoms with E-state index in [0.29, 0.717) is 0 Å². The summed E-state index contributed by atoms with van der Waals surface area (Å²) in [5.41, 5.74) is 0. The number of aromatic amines is 2. The normalized spacial score (nSPS) is 9.12. The van der Waals surface area contributed by atoms with Crippen LogP contribution in [0.4, 0.5) is 0 Å². The van der Waals surface area contributed by atoms with Crippen LogP contribution in [0.25, 0.3) is 0 Å². The Hall–Kier alpha value is -1.76. The van der Waals surface area contributed by atoms with Gasteiger partial charge in [-0.05, 0) is 24.0 Å². The predicted octanol–water partition coefficient (Wildman–Crippen LogP) is 6.60. The van der Waals surface area contributed by atoms with Gasteiger partial charge in [0.25, 0.3) is 0 Å². The summed E-state index contributed by atoms with van der Waals surface area (Å²) in [6.45, 7) is 4.23. The van der Waals surface area contributed by atoms with Gasteiger partial charge in [0.15, 0.2) is 20.6 Å². The van der Waals surface area contributed by atoms with Crippen molar-refractivity contribution in [3.63, 3.8) is 0 Å². The highest BCUT2D eigenvalue weighted by molar-refractivity contribution is 7.99. The van der Waals surface area contributed by atoms with Crippen molar-refractivity contribution >= 4 is 47.0 Å². The number of thioether (sulfide) groups is 4. The summed E-state index contributed by atoms with van der Waals surface area (Å²) in [6, 6.07) is 0. The van der Waals surface area contributed by atoms with Gasteiger partial charge in [-0.1, -0.05) is 75.7 Å². The topological polar surface area (TPSA) is 93.0 Å². The molecule has 4 heterocycles. The van der Waals surface area contributed by atoms with Crippen molar-refractivity contribution in [1.29, 1.82) is 0 Å². The number of imidazole rings is 4. The molecule has 0 saturated heterocycles. The van der Waals surface area contributed by atoms with Crippen LogP contribution in [0.15, 0.2) is 70.2 Å². The Kier molecular flexibility index (Phi) is 22.0. The molecule has 2 N–H and O–H groups in total. The van der Waals surface area contributed by atoms with Crippen LogP contribution < -0.4 is 0 Å². The first-order chi connectivity index (χ1) is 15.5.